The maximum atomic E-state index is 11.9. The maximum Gasteiger partial charge on any atom is 0.222 e. The molecule has 0 bridgehead atoms. The molecule has 0 atom stereocenters. The van der Waals surface area contributed by atoms with Gasteiger partial charge in [0, 0.05) is 32.6 Å². The van der Waals surface area contributed by atoms with Crippen LogP contribution >= 0.6 is 12.2 Å². The van der Waals surface area contributed by atoms with E-state index in [4.69, 9.17) is 12.2 Å². The molecule has 120 valence electrons. The number of rotatable bonds is 6. The molecule has 1 heterocycles. The molecule has 4 nitrogen and oxygen atoms in total. The fourth-order valence-electron chi connectivity index (χ4n) is 2.59. The van der Waals surface area contributed by atoms with Gasteiger partial charge in [-0.2, -0.15) is 0 Å². The zero-order valence-electron chi connectivity index (χ0n) is 13.0. The van der Waals surface area contributed by atoms with Gasteiger partial charge in [-0.1, -0.05) is 36.8 Å². The lowest BCUT2D eigenvalue weighted by Crippen LogP contribution is -2.37. The topological polar surface area (TPSA) is 44.4 Å². The Kier molecular flexibility index (Phi) is 7.16. The summed E-state index contributed by atoms with van der Waals surface area (Å²) in [4.78, 5) is 13.9. The molecule has 1 saturated heterocycles. The molecule has 0 radical (unpaired) electrons. The Morgan fingerprint density at radius 2 is 1.95 bits per heavy atom. The van der Waals surface area contributed by atoms with Crippen molar-refractivity contribution in [1.82, 2.24) is 15.5 Å². The van der Waals surface area contributed by atoms with Crippen LogP contribution in [0.2, 0.25) is 0 Å². The molecule has 1 fully saturated rings. The molecular formula is C17H25N3OS. The third kappa shape index (κ3) is 6.02. The van der Waals surface area contributed by atoms with E-state index in [1.807, 2.05) is 23.1 Å². The lowest BCUT2D eigenvalue weighted by Gasteiger charge is -2.20. The lowest BCUT2D eigenvalue weighted by molar-refractivity contribution is -0.130. The summed E-state index contributed by atoms with van der Waals surface area (Å²) in [5, 5.41) is 7.07. The van der Waals surface area contributed by atoms with E-state index in [1.165, 1.54) is 12.0 Å². The Morgan fingerprint density at radius 3 is 2.77 bits per heavy atom. The molecule has 0 spiro atoms. The summed E-state index contributed by atoms with van der Waals surface area (Å²) in [6.07, 6.45) is 4.99. The van der Waals surface area contributed by atoms with Crippen LogP contribution in [0.15, 0.2) is 30.3 Å². The van der Waals surface area contributed by atoms with Crippen molar-refractivity contribution in [3.8, 4) is 0 Å². The highest BCUT2D eigenvalue weighted by Gasteiger charge is 2.15. The first-order valence-corrected chi connectivity index (χ1v) is 8.50. The van der Waals surface area contributed by atoms with Crippen LogP contribution in [0.4, 0.5) is 0 Å². The maximum absolute atomic E-state index is 11.9. The molecule has 1 aliphatic rings. The van der Waals surface area contributed by atoms with Gasteiger partial charge in [0.1, 0.15) is 0 Å². The highest BCUT2D eigenvalue weighted by Crippen LogP contribution is 2.11. The first-order valence-electron chi connectivity index (χ1n) is 8.09. The number of thiocarbonyl (C=S) groups is 1. The van der Waals surface area contributed by atoms with E-state index in [1.54, 1.807) is 0 Å². The van der Waals surface area contributed by atoms with E-state index in [2.05, 4.69) is 22.8 Å². The average Bonchev–Trinajstić information content (AvgIpc) is 2.75. The van der Waals surface area contributed by atoms with Gasteiger partial charge in [-0.3, -0.25) is 4.79 Å². The second-order valence-electron chi connectivity index (χ2n) is 5.64. The smallest absolute Gasteiger partial charge is 0.222 e. The van der Waals surface area contributed by atoms with Crippen LogP contribution in [0.3, 0.4) is 0 Å². The Morgan fingerprint density at radius 1 is 1.14 bits per heavy atom. The van der Waals surface area contributed by atoms with Gasteiger partial charge in [-0.05, 0) is 37.0 Å². The van der Waals surface area contributed by atoms with Crippen molar-refractivity contribution in [2.24, 2.45) is 0 Å². The molecule has 5 heteroatoms. The molecular weight excluding hydrogens is 294 g/mol. The largest absolute Gasteiger partial charge is 0.363 e. The quantitative estimate of drug-likeness (QED) is 0.624. The molecule has 1 aliphatic heterocycles. The van der Waals surface area contributed by atoms with Crippen LogP contribution in [0.1, 0.15) is 37.7 Å². The van der Waals surface area contributed by atoms with Crippen molar-refractivity contribution >= 4 is 23.2 Å². The Hall–Kier alpha value is -1.62. The standard InChI is InChI=1S/C17H25N3OS/c21-16-10-5-2-6-12-20(16)13-7-11-18-17(22)19-14-15-8-3-1-4-9-15/h1,3-4,8-9H,2,5-7,10-14H2,(H2,18,19,22). The van der Waals surface area contributed by atoms with Crippen LogP contribution in [-0.2, 0) is 11.3 Å². The first-order chi connectivity index (χ1) is 10.8. The number of hydrogen-bond donors (Lipinski definition) is 2. The summed E-state index contributed by atoms with van der Waals surface area (Å²) in [6.45, 7) is 3.27. The van der Waals surface area contributed by atoms with E-state index in [-0.39, 0.29) is 0 Å². The molecule has 0 saturated carbocycles. The number of amides is 1. The first kappa shape index (κ1) is 16.7. The minimum atomic E-state index is 0.308. The number of carbonyl (C=O) groups is 1. The molecule has 1 aromatic rings. The number of hydrogen-bond acceptors (Lipinski definition) is 2. The van der Waals surface area contributed by atoms with Gasteiger partial charge in [0.05, 0.1) is 0 Å². The van der Waals surface area contributed by atoms with Gasteiger partial charge in [-0.15, -0.1) is 0 Å². The van der Waals surface area contributed by atoms with Gasteiger partial charge in [0.25, 0.3) is 0 Å². The van der Waals surface area contributed by atoms with E-state index in [9.17, 15) is 4.79 Å². The Labute approximate surface area is 138 Å². The van der Waals surface area contributed by atoms with E-state index < -0.39 is 0 Å². The van der Waals surface area contributed by atoms with Crippen molar-refractivity contribution in [2.45, 2.75) is 38.6 Å². The van der Waals surface area contributed by atoms with E-state index >= 15 is 0 Å². The number of nitrogens with one attached hydrogen (secondary N) is 2. The average molecular weight is 319 g/mol. The monoisotopic (exact) mass is 319 g/mol. The number of nitrogens with zero attached hydrogens (tertiary/aromatic N) is 1. The molecule has 1 amide bonds. The Bertz CT molecular complexity index is 478. The van der Waals surface area contributed by atoms with Gasteiger partial charge >= 0.3 is 0 Å². The minimum absolute atomic E-state index is 0.308. The summed E-state index contributed by atoms with van der Waals surface area (Å²) in [5.41, 5.74) is 1.21. The second-order valence-corrected chi connectivity index (χ2v) is 6.05. The van der Waals surface area contributed by atoms with Gasteiger partial charge < -0.3 is 15.5 Å². The molecule has 0 unspecified atom stereocenters. The van der Waals surface area contributed by atoms with Crippen LogP contribution in [0.5, 0.6) is 0 Å². The normalized spacial score (nSPS) is 15.3. The third-order valence-corrected chi connectivity index (χ3v) is 4.15. The second kappa shape index (κ2) is 9.41. The van der Waals surface area contributed by atoms with Crippen LogP contribution < -0.4 is 10.6 Å². The van der Waals surface area contributed by atoms with Crippen molar-refractivity contribution in [2.75, 3.05) is 19.6 Å². The molecule has 0 aromatic heterocycles. The summed E-state index contributed by atoms with van der Waals surface area (Å²) >= 11 is 5.27. The fraction of sp³-hybridized carbons (Fsp3) is 0.529. The van der Waals surface area contributed by atoms with Crippen molar-refractivity contribution in [3.05, 3.63) is 35.9 Å². The lowest BCUT2D eigenvalue weighted by atomic mass is 10.2. The van der Waals surface area contributed by atoms with Crippen LogP contribution in [-0.4, -0.2) is 35.6 Å². The van der Waals surface area contributed by atoms with Gasteiger partial charge in [-0.25, -0.2) is 0 Å². The minimum Gasteiger partial charge on any atom is -0.363 e. The molecule has 2 rings (SSSR count). The van der Waals surface area contributed by atoms with Crippen LogP contribution in [0, 0.1) is 0 Å². The summed E-state index contributed by atoms with van der Waals surface area (Å²) in [6, 6.07) is 10.2. The highest BCUT2D eigenvalue weighted by atomic mass is 32.1. The highest BCUT2D eigenvalue weighted by molar-refractivity contribution is 7.80. The van der Waals surface area contributed by atoms with Gasteiger partial charge in [0.15, 0.2) is 5.11 Å². The van der Waals surface area contributed by atoms with E-state index in [0.717, 1.165) is 45.4 Å². The van der Waals surface area contributed by atoms with Gasteiger partial charge in [0.2, 0.25) is 5.91 Å². The predicted octanol–water partition coefficient (Wildman–Crippen LogP) is 2.44. The summed E-state index contributed by atoms with van der Waals surface area (Å²) in [5.74, 6) is 0.308. The molecule has 0 aliphatic carbocycles. The third-order valence-electron chi connectivity index (χ3n) is 3.86. The zero-order valence-corrected chi connectivity index (χ0v) is 13.8. The van der Waals surface area contributed by atoms with Crippen molar-refractivity contribution in [3.63, 3.8) is 0 Å². The molecule has 2 N–H and O–H groups in total. The molecule has 22 heavy (non-hydrogen) atoms. The predicted molar refractivity (Wildman–Crippen MR) is 93.5 cm³/mol. The molecule has 1 aromatic carbocycles. The summed E-state index contributed by atoms with van der Waals surface area (Å²) in [7, 11) is 0. The fourth-order valence-corrected chi connectivity index (χ4v) is 2.76. The van der Waals surface area contributed by atoms with Crippen LogP contribution in [0.25, 0.3) is 0 Å². The number of likely N-dealkylation sites (tertiary alicyclic amines) is 1. The van der Waals surface area contributed by atoms with Crippen molar-refractivity contribution < 1.29 is 4.79 Å². The SMILES string of the molecule is O=C1CCCCCN1CCCNC(=S)NCc1ccccc1. The zero-order chi connectivity index (χ0) is 15.6. The Balaban J connectivity index is 1.57. The van der Waals surface area contributed by atoms with Crippen molar-refractivity contribution in [1.29, 1.82) is 0 Å². The van der Waals surface area contributed by atoms with E-state index in [0.29, 0.717) is 17.4 Å². The summed E-state index contributed by atoms with van der Waals surface area (Å²) < 4.78 is 0. The number of carbonyl (C=O) groups excluding carboxylic acids is 1. The number of benzene rings is 1.